The number of amides is 1. The van der Waals surface area contributed by atoms with E-state index >= 15 is 0 Å². The van der Waals surface area contributed by atoms with Crippen LogP contribution in [0.3, 0.4) is 0 Å². The van der Waals surface area contributed by atoms with E-state index in [0.717, 1.165) is 32.5 Å². The first-order chi connectivity index (χ1) is 9.34. The monoisotopic (exact) mass is 259 g/mol. The molecular weight excluding hydrogens is 238 g/mol. The van der Waals surface area contributed by atoms with Crippen LogP contribution in [0.2, 0.25) is 0 Å². The van der Waals surface area contributed by atoms with E-state index in [1.165, 1.54) is 12.8 Å². The van der Waals surface area contributed by atoms with Crippen molar-refractivity contribution in [2.45, 2.75) is 31.7 Å². The summed E-state index contributed by atoms with van der Waals surface area (Å²) in [5, 5.41) is 3.38. The molecule has 1 saturated carbocycles. The summed E-state index contributed by atoms with van der Waals surface area (Å²) in [5.41, 5.74) is 0.586. The van der Waals surface area contributed by atoms with E-state index in [9.17, 15) is 4.79 Å². The van der Waals surface area contributed by atoms with Crippen molar-refractivity contribution in [3.63, 3.8) is 0 Å². The normalized spacial score (nSPS) is 20.2. The number of aromatic nitrogens is 1. The van der Waals surface area contributed by atoms with Crippen LogP contribution in [0.4, 0.5) is 0 Å². The van der Waals surface area contributed by atoms with Gasteiger partial charge in [-0.15, -0.1) is 0 Å². The molecule has 2 heterocycles. The maximum atomic E-state index is 12.5. The van der Waals surface area contributed by atoms with Gasteiger partial charge in [0.25, 0.3) is 5.91 Å². The standard InChI is InChI=1S/C15H21N3O/c19-15(14-3-1-2-8-17-14)18(13-4-5-13)11-12-6-9-16-10-7-12/h1-3,8,12-13,16H,4-7,9-11H2. The molecule has 4 nitrogen and oxygen atoms in total. The Bertz CT molecular complexity index is 424. The van der Waals surface area contributed by atoms with Gasteiger partial charge < -0.3 is 10.2 Å². The van der Waals surface area contributed by atoms with Crippen LogP contribution in [0, 0.1) is 5.92 Å². The van der Waals surface area contributed by atoms with Crippen LogP contribution in [-0.4, -0.2) is 41.5 Å². The fourth-order valence-corrected chi connectivity index (χ4v) is 2.76. The number of hydrogen-bond donors (Lipinski definition) is 1. The van der Waals surface area contributed by atoms with E-state index in [0.29, 0.717) is 17.7 Å². The lowest BCUT2D eigenvalue weighted by Gasteiger charge is -2.30. The molecule has 0 unspecified atom stereocenters. The Morgan fingerprint density at radius 2 is 2.05 bits per heavy atom. The van der Waals surface area contributed by atoms with E-state index in [1.54, 1.807) is 6.20 Å². The van der Waals surface area contributed by atoms with Crippen molar-refractivity contribution in [3.8, 4) is 0 Å². The molecule has 102 valence electrons. The highest BCUT2D eigenvalue weighted by molar-refractivity contribution is 5.92. The summed E-state index contributed by atoms with van der Waals surface area (Å²) in [5.74, 6) is 0.760. The zero-order valence-electron chi connectivity index (χ0n) is 11.2. The highest BCUT2D eigenvalue weighted by atomic mass is 16.2. The molecule has 1 aromatic heterocycles. The third-order valence-corrected chi connectivity index (χ3v) is 4.05. The van der Waals surface area contributed by atoms with Gasteiger partial charge in [-0.1, -0.05) is 6.07 Å². The maximum absolute atomic E-state index is 12.5. The Kier molecular flexibility index (Phi) is 3.78. The second-order valence-electron chi connectivity index (χ2n) is 5.60. The van der Waals surface area contributed by atoms with Crippen molar-refractivity contribution in [2.24, 2.45) is 5.92 Å². The lowest BCUT2D eigenvalue weighted by Crippen LogP contribution is -2.40. The summed E-state index contributed by atoms with van der Waals surface area (Å²) in [7, 11) is 0. The summed E-state index contributed by atoms with van der Waals surface area (Å²) >= 11 is 0. The molecule has 2 aliphatic rings. The number of pyridine rings is 1. The largest absolute Gasteiger partial charge is 0.334 e. The Morgan fingerprint density at radius 3 is 2.68 bits per heavy atom. The van der Waals surface area contributed by atoms with E-state index in [1.807, 2.05) is 18.2 Å². The lowest BCUT2D eigenvalue weighted by molar-refractivity contribution is 0.0695. The molecule has 1 N–H and O–H groups in total. The number of hydrogen-bond acceptors (Lipinski definition) is 3. The topological polar surface area (TPSA) is 45.2 Å². The minimum Gasteiger partial charge on any atom is -0.334 e. The Labute approximate surface area is 114 Å². The Hall–Kier alpha value is -1.42. The van der Waals surface area contributed by atoms with Gasteiger partial charge in [0, 0.05) is 18.8 Å². The molecule has 19 heavy (non-hydrogen) atoms. The molecule has 4 heteroatoms. The zero-order valence-corrected chi connectivity index (χ0v) is 11.2. The molecule has 0 spiro atoms. The fraction of sp³-hybridized carbons (Fsp3) is 0.600. The van der Waals surface area contributed by atoms with Gasteiger partial charge in [-0.25, -0.2) is 0 Å². The zero-order chi connectivity index (χ0) is 13.1. The summed E-state index contributed by atoms with van der Waals surface area (Å²) in [4.78, 5) is 18.8. The van der Waals surface area contributed by atoms with Crippen LogP contribution < -0.4 is 5.32 Å². The van der Waals surface area contributed by atoms with E-state index in [-0.39, 0.29) is 5.91 Å². The van der Waals surface area contributed by atoms with Gasteiger partial charge in [0.2, 0.25) is 0 Å². The molecule has 3 rings (SSSR count). The third kappa shape index (κ3) is 3.13. The molecule has 1 aromatic rings. The number of nitrogens with one attached hydrogen (secondary N) is 1. The van der Waals surface area contributed by atoms with Crippen molar-refractivity contribution in [3.05, 3.63) is 30.1 Å². The first-order valence-electron chi connectivity index (χ1n) is 7.27. The van der Waals surface area contributed by atoms with E-state index < -0.39 is 0 Å². The van der Waals surface area contributed by atoms with Gasteiger partial charge in [0.1, 0.15) is 5.69 Å². The molecule has 0 atom stereocenters. The predicted octanol–water partition coefficient (Wildman–Crippen LogP) is 1.69. The van der Waals surface area contributed by atoms with Gasteiger partial charge >= 0.3 is 0 Å². The van der Waals surface area contributed by atoms with Crippen LogP contribution in [0.25, 0.3) is 0 Å². The number of rotatable bonds is 4. The van der Waals surface area contributed by atoms with Gasteiger partial charge in [-0.05, 0) is 56.8 Å². The molecule has 1 saturated heterocycles. The van der Waals surface area contributed by atoms with Crippen LogP contribution in [-0.2, 0) is 0 Å². The fourth-order valence-electron chi connectivity index (χ4n) is 2.76. The number of piperidine rings is 1. The molecular formula is C15H21N3O. The van der Waals surface area contributed by atoms with Gasteiger partial charge in [0.15, 0.2) is 0 Å². The van der Waals surface area contributed by atoms with Crippen LogP contribution in [0.5, 0.6) is 0 Å². The summed E-state index contributed by atoms with van der Waals surface area (Å²) < 4.78 is 0. The number of carbonyl (C=O) groups is 1. The minimum atomic E-state index is 0.113. The molecule has 2 fully saturated rings. The molecule has 1 aliphatic carbocycles. The van der Waals surface area contributed by atoms with Crippen LogP contribution in [0.15, 0.2) is 24.4 Å². The van der Waals surface area contributed by atoms with Gasteiger partial charge in [0.05, 0.1) is 0 Å². The summed E-state index contributed by atoms with van der Waals surface area (Å²) in [6, 6.07) is 6.02. The second kappa shape index (κ2) is 5.70. The van der Waals surface area contributed by atoms with Gasteiger partial charge in [-0.2, -0.15) is 0 Å². The summed E-state index contributed by atoms with van der Waals surface area (Å²) in [6.45, 7) is 3.07. The van der Waals surface area contributed by atoms with E-state index in [4.69, 9.17) is 0 Å². The minimum absolute atomic E-state index is 0.113. The smallest absolute Gasteiger partial charge is 0.272 e. The predicted molar refractivity (Wildman–Crippen MR) is 73.9 cm³/mol. The van der Waals surface area contributed by atoms with Crippen molar-refractivity contribution in [1.29, 1.82) is 0 Å². The highest BCUT2D eigenvalue weighted by Crippen LogP contribution is 2.30. The average Bonchev–Trinajstić information content (AvgIpc) is 3.31. The molecule has 1 aliphatic heterocycles. The molecule has 0 radical (unpaired) electrons. The molecule has 0 aromatic carbocycles. The Morgan fingerprint density at radius 1 is 1.26 bits per heavy atom. The van der Waals surface area contributed by atoms with Crippen LogP contribution >= 0.6 is 0 Å². The van der Waals surface area contributed by atoms with Crippen molar-refractivity contribution < 1.29 is 4.79 Å². The number of nitrogens with zero attached hydrogens (tertiary/aromatic N) is 2. The molecule has 1 amide bonds. The highest BCUT2D eigenvalue weighted by Gasteiger charge is 2.35. The average molecular weight is 259 g/mol. The SMILES string of the molecule is O=C(c1ccccn1)N(CC1CCNCC1)C1CC1. The van der Waals surface area contributed by atoms with Crippen molar-refractivity contribution in [2.75, 3.05) is 19.6 Å². The maximum Gasteiger partial charge on any atom is 0.272 e. The Balaban J connectivity index is 1.68. The first kappa shape index (κ1) is 12.6. The van der Waals surface area contributed by atoms with Crippen LogP contribution in [0.1, 0.15) is 36.2 Å². The third-order valence-electron chi connectivity index (χ3n) is 4.05. The summed E-state index contributed by atoms with van der Waals surface area (Å²) in [6.07, 6.45) is 6.37. The van der Waals surface area contributed by atoms with Crippen molar-refractivity contribution >= 4 is 5.91 Å². The van der Waals surface area contributed by atoms with Gasteiger partial charge in [-0.3, -0.25) is 9.78 Å². The number of carbonyl (C=O) groups excluding carboxylic acids is 1. The van der Waals surface area contributed by atoms with Crippen molar-refractivity contribution in [1.82, 2.24) is 15.2 Å². The van der Waals surface area contributed by atoms with E-state index in [2.05, 4.69) is 15.2 Å². The molecule has 0 bridgehead atoms. The second-order valence-corrected chi connectivity index (χ2v) is 5.60. The quantitative estimate of drug-likeness (QED) is 0.895. The first-order valence-corrected chi connectivity index (χ1v) is 7.27. The lowest BCUT2D eigenvalue weighted by atomic mass is 9.97.